The van der Waals surface area contributed by atoms with Gasteiger partial charge in [-0.25, -0.2) is 8.42 Å². The second-order valence-corrected chi connectivity index (χ2v) is 8.96. The van der Waals surface area contributed by atoms with Crippen molar-refractivity contribution in [1.29, 1.82) is 0 Å². The molecule has 0 atom stereocenters. The third-order valence-electron chi connectivity index (χ3n) is 3.71. The van der Waals surface area contributed by atoms with E-state index in [1.807, 2.05) is 20.8 Å². The molecule has 0 aliphatic rings. The Balaban J connectivity index is 2.18. The molecule has 2 N–H and O–H groups in total. The van der Waals surface area contributed by atoms with Crippen LogP contribution in [-0.4, -0.2) is 19.9 Å². The highest BCUT2D eigenvalue weighted by Gasteiger charge is 2.19. The van der Waals surface area contributed by atoms with Crippen molar-refractivity contribution in [2.75, 3.05) is 0 Å². The van der Waals surface area contributed by atoms with Crippen molar-refractivity contribution in [3.05, 3.63) is 54.1 Å². The number of nitrogens with two attached hydrogens (primary N) is 1. The van der Waals surface area contributed by atoms with E-state index in [4.69, 9.17) is 10.5 Å². The van der Waals surface area contributed by atoms with Crippen molar-refractivity contribution < 1.29 is 17.9 Å². The van der Waals surface area contributed by atoms with Crippen LogP contribution in [0.25, 0.3) is 0 Å². The van der Waals surface area contributed by atoms with Gasteiger partial charge in [-0.05, 0) is 68.7 Å². The van der Waals surface area contributed by atoms with Gasteiger partial charge in [0, 0.05) is 12.0 Å². The molecule has 5 nitrogen and oxygen atoms in total. The van der Waals surface area contributed by atoms with Crippen LogP contribution in [0.4, 0.5) is 0 Å². The molecule has 0 saturated heterocycles. The summed E-state index contributed by atoms with van der Waals surface area (Å²) >= 11 is 0. The van der Waals surface area contributed by atoms with Crippen LogP contribution in [0.15, 0.2) is 58.3 Å². The zero-order valence-electron chi connectivity index (χ0n) is 15.4. The lowest BCUT2D eigenvalue weighted by atomic mass is 9.96. The second-order valence-electron chi connectivity index (χ2n) is 7.01. The van der Waals surface area contributed by atoms with Crippen molar-refractivity contribution in [2.45, 2.75) is 55.4 Å². The zero-order valence-corrected chi connectivity index (χ0v) is 16.2. The lowest BCUT2D eigenvalue weighted by Crippen LogP contribution is -2.34. The van der Waals surface area contributed by atoms with E-state index < -0.39 is 9.84 Å². The lowest BCUT2D eigenvalue weighted by Gasteiger charge is -2.18. The molecular formula is C20H25NO4S. The van der Waals surface area contributed by atoms with Gasteiger partial charge in [-0.3, -0.25) is 4.79 Å². The Morgan fingerprint density at radius 3 is 1.96 bits per heavy atom. The Hall–Kier alpha value is -2.18. The predicted molar refractivity (Wildman–Crippen MR) is 101 cm³/mol. The van der Waals surface area contributed by atoms with Gasteiger partial charge in [0.1, 0.15) is 5.75 Å². The molecule has 140 valence electrons. The first-order chi connectivity index (χ1) is 12.1. The lowest BCUT2D eigenvalue weighted by molar-refractivity contribution is -0.134. The highest BCUT2D eigenvalue weighted by molar-refractivity contribution is 7.91. The van der Waals surface area contributed by atoms with E-state index in [9.17, 15) is 13.2 Å². The third-order valence-corrected chi connectivity index (χ3v) is 5.50. The first kappa shape index (κ1) is 20.1. The summed E-state index contributed by atoms with van der Waals surface area (Å²) in [5.74, 6) is 0.00412. The summed E-state index contributed by atoms with van der Waals surface area (Å²) in [6, 6.07) is 12.6. The Bertz CT molecular complexity index is 848. The van der Waals surface area contributed by atoms with E-state index in [2.05, 4.69) is 0 Å². The minimum atomic E-state index is -3.63. The number of rotatable bonds is 7. The standard InChI is InChI=1S/C20H25NO4S/c1-4-5-19(22)25-16-8-12-18(13-9-16)26(23,24)17-10-6-15(7-11-17)14-20(2,3)21/h6-13H,4-5,14,21H2,1-3H3. The van der Waals surface area contributed by atoms with Crippen molar-refractivity contribution in [1.82, 2.24) is 0 Å². The van der Waals surface area contributed by atoms with Crippen LogP contribution in [0.3, 0.4) is 0 Å². The summed E-state index contributed by atoms with van der Waals surface area (Å²) in [6.45, 7) is 5.73. The minimum Gasteiger partial charge on any atom is -0.427 e. The summed E-state index contributed by atoms with van der Waals surface area (Å²) in [4.78, 5) is 11.9. The fraction of sp³-hybridized carbons (Fsp3) is 0.350. The average Bonchev–Trinajstić information content (AvgIpc) is 2.54. The molecule has 0 bridgehead atoms. The maximum Gasteiger partial charge on any atom is 0.311 e. The van der Waals surface area contributed by atoms with Gasteiger partial charge in [0.15, 0.2) is 0 Å². The SMILES string of the molecule is CCCC(=O)Oc1ccc(S(=O)(=O)c2ccc(CC(C)(C)N)cc2)cc1. The molecule has 0 unspecified atom stereocenters. The molecule has 2 aromatic rings. The topological polar surface area (TPSA) is 86.5 Å². The largest absolute Gasteiger partial charge is 0.427 e. The number of ether oxygens (including phenoxy) is 1. The molecule has 0 aliphatic heterocycles. The highest BCUT2D eigenvalue weighted by atomic mass is 32.2. The van der Waals surface area contributed by atoms with Gasteiger partial charge in [0.25, 0.3) is 0 Å². The number of esters is 1. The number of carbonyl (C=O) groups excluding carboxylic acids is 1. The van der Waals surface area contributed by atoms with Crippen LogP contribution >= 0.6 is 0 Å². The molecule has 0 aliphatic carbocycles. The number of benzene rings is 2. The van der Waals surface area contributed by atoms with Crippen molar-refractivity contribution in [3.63, 3.8) is 0 Å². The molecule has 26 heavy (non-hydrogen) atoms. The van der Waals surface area contributed by atoms with E-state index >= 15 is 0 Å². The zero-order chi connectivity index (χ0) is 19.4. The van der Waals surface area contributed by atoms with E-state index in [-0.39, 0.29) is 21.3 Å². The summed E-state index contributed by atoms with van der Waals surface area (Å²) in [7, 11) is -3.63. The molecule has 0 spiro atoms. The second kappa shape index (κ2) is 8.01. The first-order valence-electron chi connectivity index (χ1n) is 8.55. The van der Waals surface area contributed by atoms with Gasteiger partial charge < -0.3 is 10.5 Å². The summed E-state index contributed by atoms with van der Waals surface area (Å²) < 4.78 is 30.6. The van der Waals surface area contributed by atoms with Crippen molar-refractivity contribution >= 4 is 15.8 Å². The normalized spacial score (nSPS) is 12.0. The van der Waals surface area contributed by atoms with Gasteiger partial charge in [-0.15, -0.1) is 0 Å². The van der Waals surface area contributed by atoms with Crippen LogP contribution in [-0.2, 0) is 21.1 Å². The highest BCUT2D eigenvalue weighted by Crippen LogP contribution is 2.24. The van der Waals surface area contributed by atoms with E-state index in [1.165, 1.54) is 24.3 Å². The van der Waals surface area contributed by atoms with Gasteiger partial charge >= 0.3 is 5.97 Å². The maximum absolute atomic E-state index is 12.7. The maximum atomic E-state index is 12.7. The predicted octanol–water partition coefficient (Wildman–Crippen LogP) is 3.50. The number of sulfone groups is 1. The van der Waals surface area contributed by atoms with Gasteiger partial charge in [-0.1, -0.05) is 19.1 Å². The first-order valence-corrected chi connectivity index (χ1v) is 10.0. The van der Waals surface area contributed by atoms with Crippen LogP contribution in [0.5, 0.6) is 5.75 Å². The van der Waals surface area contributed by atoms with Crippen LogP contribution in [0.2, 0.25) is 0 Å². The number of carbonyl (C=O) groups is 1. The molecule has 0 heterocycles. The fourth-order valence-electron chi connectivity index (χ4n) is 2.52. The van der Waals surface area contributed by atoms with E-state index in [0.717, 1.165) is 5.56 Å². The summed E-state index contributed by atoms with van der Waals surface area (Å²) in [5.41, 5.74) is 6.62. The molecule has 0 saturated carbocycles. The van der Waals surface area contributed by atoms with Crippen molar-refractivity contribution in [2.24, 2.45) is 5.73 Å². The molecule has 0 radical (unpaired) electrons. The third kappa shape index (κ3) is 5.41. The van der Waals surface area contributed by atoms with E-state index in [1.54, 1.807) is 24.3 Å². The average molecular weight is 375 g/mol. The van der Waals surface area contributed by atoms with Crippen LogP contribution in [0.1, 0.15) is 39.2 Å². The minimum absolute atomic E-state index is 0.152. The smallest absolute Gasteiger partial charge is 0.311 e. The molecule has 6 heteroatoms. The Labute approximate surface area is 155 Å². The molecule has 0 aromatic heterocycles. The monoisotopic (exact) mass is 375 g/mol. The molecule has 0 fully saturated rings. The van der Waals surface area contributed by atoms with Gasteiger partial charge in [-0.2, -0.15) is 0 Å². The fourth-order valence-corrected chi connectivity index (χ4v) is 3.78. The van der Waals surface area contributed by atoms with Gasteiger partial charge in [0.05, 0.1) is 9.79 Å². The molecule has 2 aromatic carbocycles. The molecular weight excluding hydrogens is 350 g/mol. The van der Waals surface area contributed by atoms with Gasteiger partial charge in [0.2, 0.25) is 9.84 Å². The Morgan fingerprint density at radius 1 is 1.00 bits per heavy atom. The van der Waals surface area contributed by atoms with E-state index in [0.29, 0.717) is 25.0 Å². The number of hydrogen-bond acceptors (Lipinski definition) is 5. The van der Waals surface area contributed by atoms with Crippen LogP contribution in [0, 0.1) is 0 Å². The Morgan fingerprint density at radius 2 is 1.50 bits per heavy atom. The summed E-state index contributed by atoms with van der Waals surface area (Å²) in [5, 5.41) is 0. The molecule has 0 amide bonds. The Kier molecular flexibility index (Phi) is 6.21. The molecule has 2 rings (SSSR count). The quantitative estimate of drug-likeness (QED) is 0.591. The van der Waals surface area contributed by atoms with Crippen molar-refractivity contribution in [3.8, 4) is 5.75 Å². The van der Waals surface area contributed by atoms with Crippen LogP contribution < -0.4 is 10.5 Å². The summed E-state index contributed by atoms with van der Waals surface area (Å²) in [6.07, 6.45) is 1.68. The number of hydrogen-bond donors (Lipinski definition) is 1.